The van der Waals surface area contributed by atoms with Crippen LogP contribution < -0.4 is 5.32 Å². The van der Waals surface area contributed by atoms with Gasteiger partial charge in [0.15, 0.2) is 0 Å². The molecule has 4 heteroatoms. The van der Waals surface area contributed by atoms with Crippen molar-refractivity contribution in [3.05, 3.63) is 0 Å². The highest BCUT2D eigenvalue weighted by molar-refractivity contribution is 5.81. The molecule has 24 heavy (non-hydrogen) atoms. The number of nitrogens with zero attached hydrogens (tertiary/aromatic N) is 2. The van der Waals surface area contributed by atoms with Crippen LogP contribution in [-0.4, -0.2) is 60.5 Å². The quantitative estimate of drug-likeness (QED) is 0.858. The summed E-state index contributed by atoms with van der Waals surface area (Å²) < 4.78 is 0. The SMILES string of the molecule is CC(C)(C)C(=O)N1CCC(N[C@@H]2CCN(CC3CCCC3)C2)CC1. The summed E-state index contributed by atoms with van der Waals surface area (Å²) in [7, 11) is 0. The van der Waals surface area contributed by atoms with Crippen LogP contribution in [0.2, 0.25) is 0 Å². The zero-order chi connectivity index (χ0) is 17.2. The molecule has 3 rings (SSSR count). The van der Waals surface area contributed by atoms with E-state index in [-0.39, 0.29) is 5.41 Å². The summed E-state index contributed by atoms with van der Waals surface area (Å²) in [5, 5.41) is 3.89. The van der Waals surface area contributed by atoms with Crippen molar-refractivity contribution in [2.75, 3.05) is 32.7 Å². The number of carbonyl (C=O) groups is 1. The van der Waals surface area contributed by atoms with E-state index in [1.807, 2.05) is 20.8 Å². The van der Waals surface area contributed by atoms with E-state index < -0.39 is 0 Å². The molecule has 0 spiro atoms. The van der Waals surface area contributed by atoms with Crippen LogP contribution in [0.1, 0.15) is 65.7 Å². The topological polar surface area (TPSA) is 35.6 Å². The Balaban J connectivity index is 1.37. The molecule has 0 aromatic rings. The molecule has 0 aromatic heterocycles. The first-order chi connectivity index (χ1) is 11.4. The molecule has 3 fully saturated rings. The molecule has 1 aliphatic carbocycles. The second kappa shape index (κ2) is 7.74. The lowest BCUT2D eigenvalue weighted by Gasteiger charge is -2.37. The van der Waals surface area contributed by atoms with Crippen LogP contribution in [0.15, 0.2) is 0 Å². The van der Waals surface area contributed by atoms with E-state index in [0.29, 0.717) is 18.0 Å². The Morgan fingerprint density at radius 2 is 1.58 bits per heavy atom. The first kappa shape index (κ1) is 18.2. The molecule has 138 valence electrons. The molecule has 0 unspecified atom stereocenters. The Morgan fingerprint density at radius 3 is 2.21 bits per heavy atom. The minimum Gasteiger partial charge on any atom is -0.342 e. The van der Waals surface area contributed by atoms with Gasteiger partial charge in [0, 0.05) is 43.7 Å². The zero-order valence-corrected chi connectivity index (χ0v) is 16.0. The van der Waals surface area contributed by atoms with Gasteiger partial charge in [0.2, 0.25) is 5.91 Å². The maximum absolute atomic E-state index is 12.4. The molecule has 1 atom stereocenters. The lowest BCUT2D eigenvalue weighted by Crippen LogP contribution is -2.50. The average Bonchev–Trinajstić information content (AvgIpc) is 3.19. The summed E-state index contributed by atoms with van der Waals surface area (Å²) in [4.78, 5) is 17.1. The van der Waals surface area contributed by atoms with E-state index in [9.17, 15) is 4.79 Å². The lowest BCUT2D eigenvalue weighted by atomic mass is 9.93. The van der Waals surface area contributed by atoms with Crippen LogP contribution in [-0.2, 0) is 4.79 Å². The molecule has 2 saturated heterocycles. The number of hydrogen-bond donors (Lipinski definition) is 1. The van der Waals surface area contributed by atoms with E-state index in [0.717, 1.165) is 31.8 Å². The number of likely N-dealkylation sites (tertiary alicyclic amines) is 2. The minimum absolute atomic E-state index is 0.244. The number of piperidine rings is 1. The molecule has 0 bridgehead atoms. The van der Waals surface area contributed by atoms with Gasteiger partial charge in [-0.1, -0.05) is 33.6 Å². The van der Waals surface area contributed by atoms with Gasteiger partial charge < -0.3 is 15.1 Å². The summed E-state index contributed by atoms with van der Waals surface area (Å²) in [6.45, 7) is 11.8. The van der Waals surface area contributed by atoms with Crippen molar-refractivity contribution in [2.24, 2.45) is 11.3 Å². The maximum Gasteiger partial charge on any atom is 0.227 e. The van der Waals surface area contributed by atoms with Crippen molar-refractivity contribution >= 4 is 5.91 Å². The summed E-state index contributed by atoms with van der Waals surface area (Å²) >= 11 is 0. The molecular weight excluding hydrogens is 298 g/mol. The van der Waals surface area contributed by atoms with Crippen LogP contribution in [0.4, 0.5) is 0 Å². The highest BCUT2D eigenvalue weighted by Gasteiger charge is 2.32. The number of rotatable bonds is 4. The molecule has 1 amide bonds. The van der Waals surface area contributed by atoms with Crippen molar-refractivity contribution < 1.29 is 4.79 Å². The lowest BCUT2D eigenvalue weighted by molar-refractivity contribution is -0.140. The smallest absolute Gasteiger partial charge is 0.227 e. The molecule has 4 nitrogen and oxygen atoms in total. The Morgan fingerprint density at radius 1 is 0.958 bits per heavy atom. The van der Waals surface area contributed by atoms with Crippen LogP contribution in [0, 0.1) is 11.3 Å². The molecule has 1 saturated carbocycles. The zero-order valence-electron chi connectivity index (χ0n) is 16.0. The molecule has 2 heterocycles. The predicted molar refractivity (Wildman–Crippen MR) is 99.0 cm³/mol. The van der Waals surface area contributed by atoms with E-state index in [1.54, 1.807) is 0 Å². The summed E-state index contributed by atoms with van der Waals surface area (Å²) in [5.41, 5.74) is -0.244. The van der Waals surface area contributed by atoms with Crippen LogP contribution in [0.25, 0.3) is 0 Å². The molecule has 0 aromatic carbocycles. The molecule has 1 N–H and O–H groups in total. The Labute approximate surface area is 148 Å². The third-order valence-corrected chi connectivity index (χ3v) is 6.16. The van der Waals surface area contributed by atoms with Gasteiger partial charge in [0.05, 0.1) is 0 Å². The highest BCUT2D eigenvalue weighted by Crippen LogP contribution is 2.27. The first-order valence-electron chi connectivity index (χ1n) is 10.2. The standard InChI is InChI=1S/C20H37N3O/c1-20(2,3)19(24)23-12-9-17(10-13-23)21-18-8-11-22(15-18)14-16-6-4-5-7-16/h16-18,21H,4-15H2,1-3H3/t18-/m1/s1. The van der Waals surface area contributed by atoms with Crippen molar-refractivity contribution in [1.82, 2.24) is 15.1 Å². The van der Waals surface area contributed by atoms with Crippen molar-refractivity contribution in [1.29, 1.82) is 0 Å². The third kappa shape index (κ3) is 4.72. The van der Waals surface area contributed by atoms with Gasteiger partial charge >= 0.3 is 0 Å². The van der Waals surface area contributed by atoms with Gasteiger partial charge in [-0.3, -0.25) is 4.79 Å². The van der Waals surface area contributed by atoms with Gasteiger partial charge in [-0.25, -0.2) is 0 Å². The number of carbonyl (C=O) groups excluding carboxylic acids is 1. The van der Waals surface area contributed by atoms with Gasteiger partial charge in [0.25, 0.3) is 0 Å². The van der Waals surface area contributed by atoms with Gasteiger partial charge in [-0.2, -0.15) is 0 Å². The Kier molecular flexibility index (Phi) is 5.86. The average molecular weight is 336 g/mol. The van der Waals surface area contributed by atoms with E-state index in [1.165, 1.54) is 51.7 Å². The summed E-state index contributed by atoms with van der Waals surface area (Å²) in [6, 6.07) is 1.27. The maximum atomic E-state index is 12.4. The molecule has 3 aliphatic rings. The highest BCUT2D eigenvalue weighted by atomic mass is 16.2. The van der Waals surface area contributed by atoms with Crippen molar-refractivity contribution in [3.63, 3.8) is 0 Å². The minimum atomic E-state index is -0.244. The van der Waals surface area contributed by atoms with E-state index >= 15 is 0 Å². The third-order valence-electron chi connectivity index (χ3n) is 6.16. The van der Waals surface area contributed by atoms with Gasteiger partial charge in [0.1, 0.15) is 0 Å². The second-order valence-corrected chi connectivity index (χ2v) is 9.38. The van der Waals surface area contributed by atoms with Gasteiger partial charge in [-0.05, 0) is 44.6 Å². The van der Waals surface area contributed by atoms with Crippen LogP contribution >= 0.6 is 0 Å². The normalized spacial score (nSPS) is 28.0. The fourth-order valence-electron chi connectivity index (χ4n) is 4.75. The Bertz CT molecular complexity index is 417. The van der Waals surface area contributed by atoms with Crippen LogP contribution in [0.3, 0.4) is 0 Å². The fourth-order valence-corrected chi connectivity index (χ4v) is 4.75. The number of hydrogen-bond acceptors (Lipinski definition) is 3. The van der Waals surface area contributed by atoms with E-state index in [4.69, 9.17) is 0 Å². The summed E-state index contributed by atoms with van der Waals surface area (Å²) in [6.07, 6.45) is 9.33. The number of amides is 1. The fraction of sp³-hybridized carbons (Fsp3) is 0.950. The Hall–Kier alpha value is -0.610. The van der Waals surface area contributed by atoms with E-state index in [2.05, 4.69) is 15.1 Å². The predicted octanol–water partition coefficient (Wildman–Crippen LogP) is 2.88. The monoisotopic (exact) mass is 335 g/mol. The second-order valence-electron chi connectivity index (χ2n) is 9.38. The molecular formula is C20H37N3O. The van der Waals surface area contributed by atoms with Crippen LogP contribution in [0.5, 0.6) is 0 Å². The largest absolute Gasteiger partial charge is 0.342 e. The molecule has 0 radical (unpaired) electrons. The molecule has 2 aliphatic heterocycles. The van der Waals surface area contributed by atoms with Crippen molar-refractivity contribution in [2.45, 2.75) is 77.8 Å². The summed E-state index contributed by atoms with van der Waals surface area (Å²) in [5.74, 6) is 1.28. The van der Waals surface area contributed by atoms with Gasteiger partial charge in [-0.15, -0.1) is 0 Å². The number of nitrogens with one attached hydrogen (secondary N) is 1. The van der Waals surface area contributed by atoms with Crippen molar-refractivity contribution in [3.8, 4) is 0 Å². The first-order valence-corrected chi connectivity index (χ1v) is 10.2.